The molecule has 144 valence electrons. The molecule has 1 saturated heterocycles. The number of nitrogens with zero attached hydrogens (tertiary/aromatic N) is 3. The number of aryl methyl sites for hydroxylation is 1. The number of aromatic nitrogens is 2. The summed E-state index contributed by atoms with van der Waals surface area (Å²) in [6.45, 7) is 3.63. The monoisotopic (exact) mass is 374 g/mol. The largest absolute Gasteiger partial charge is 0.340 e. The first-order valence-electron chi connectivity index (χ1n) is 9.85. The van der Waals surface area contributed by atoms with Crippen molar-refractivity contribution in [2.75, 3.05) is 33.2 Å². The summed E-state index contributed by atoms with van der Waals surface area (Å²) in [7, 11) is 2.10. The molecular weight excluding hydrogens is 348 g/mol. The molecule has 0 radical (unpaired) electrons. The highest BCUT2D eigenvalue weighted by Gasteiger charge is 2.18. The molecule has 0 unspecified atom stereocenters. The van der Waals surface area contributed by atoms with E-state index in [9.17, 15) is 4.79 Å². The Labute approximate surface area is 166 Å². The molecule has 28 heavy (non-hydrogen) atoms. The Morgan fingerprint density at radius 2 is 1.68 bits per heavy atom. The fourth-order valence-electron chi connectivity index (χ4n) is 3.68. The van der Waals surface area contributed by atoms with Crippen LogP contribution in [0.4, 0.5) is 0 Å². The van der Waals surface area contributed by atoms with E-state index in [1.165, 1.54) is 5.56 Å². The fourth-order valence-corrected chi connectivity index (χ4v) is 3.68. The van der Waals surface area contributed by atoms with E-state index >= 15 is 0 Å². The highest BCUT2D eigenvalue weighted by atomic mass is 16.2. The molecule has 1 amide bonds. The molecule has 3 aromatic rings. The van der Waals surface area contributed by atoms with E-state index in [0.29, 0.717) is 6.42 Å². The Morgan fingerprint density at radius 3 is 2.36 bits per heavy atom. The maximum absolute atomic E-state index is 12.4. The van der Waals surface area contributed by atoms with Gasteiger partial charge in [-0.1, -0.05) is 48.5 Å². The minimum Gasteiger partial charge on any atom is -0.340 e. The summed E-state index contributed by atoms with van der Waals surface area (Å²) in [6.07, 6.45) is 3.20. The van der Waals surface area contributed by atoms with Crippen LogP contribution >= 0.6 is 0 Å². The number of hydrogen-bond donors (Lipinski definition) is 1. The van der Waals surface area contributed by atoms with Crippen LogP contribution in [-0.2, 0) is 11.2 Å². The molecule has 1 fully saturated rings. The van der Waals surface area contributed by atoms with Gasteiger partial charge < -0.3 is 9.80 Å². The fraction of sp³-hybridized carbons (Fsp3) is 0.304. The van der Waals surface area contributed by atoms with Gasteiger partial charge in [-0.25, -0.2) is 0 Å². The lowest BCUT2D eigenvalue weighted by Gasteiger charge is -2.32. The van der Waals surface area contributed by atoms with Crippen molar-refractivity contribution in [2.24, 2.45) is 0 Å². The number of amides is 1. The quantitative estimate of drug-likeness (QED) is 0.744. The highest BCUT2D eigenvalue weighted by Crippen LogP contribution is 2.30. The van der Waals surface area contributed by atoms with Crippen LogP contribution in [0, 0.1) is 0 Å². The second-order valence-electron chi connectivity index (χ2n) is 7.39. The molecule has 0 bridgehead atoms. The molecule has 4 rings (SSSR count). The summed E-state index contributed by atoms with van der Waals surface area (Å²) >= 11 is 0. The lowest BCUT2D eigenvalue weighted by Crippen LogP contribution is -2.47. The first-order valence-corrected chi connectivity index (χ1v) is 9.85. The first-order chi connectivity index (χ1) is 13.7. The number of benzene rings is 2. The zero-order chi connectivity index (χ0) is 19.3. The van der Waals surface area contributed by atoms with Gasteiger partial charge >= 0.3 is 0 Å². The van der Waals surface area contributed by atoms with E-state index in [-0.39, 0.29) is 5.91 Å². The van der Waals surface area contributed by atoms with Crippen molar-refractivity contribution >= 4 is 5.91 Å². The molecule has 1 N–H and O–H groups in total. The summed E-state index contributed by atoms with van der Waals surface area (Å²) < 4.78 is 0. The Morgan fingerprint density at radius 1 is 0.964 bits per heavy atom. The molecule has 2 heterocycles. The van der Waals surface area contributed by atoms with Crippen molar-refractivity contribution in [3.05, 3.63) is 66.4 Å². The number of carbonyl (C=O) groups is 1. The van der Waals surface area contributed by atoms with E-state index in [0.717, 1.165) is 55.0 Å². The zero-order valence-corrected chi connectivity index (χ0v) is 16.3. The van der Waals surface area contributed by atoms with Gasteiger partial charge in [0.15, 0.2) is 0 Å². The predicted octanol–water partition coefficient (Wildman–Crippen LogP) is 3.45. The molecule has 5 heteroatoms. The number of likely N-dealkylation sites (N-methyl/N-ethyl adjacent to an activating group) is 1. The third-order valence-electron chi connectivity index (χ3n) is 5.45. The molecule has 2 aromatic carbocycles. The summed E-state index contributed by atoms with van der Waals surface area (Å²) in [4.78, 5) is 16.7. The summed E-state index contributed by atoms with van der Waals surface area (Å²) in [5.74, 6) is 0.265. The third-order valence-corrected chi connectivity index (χ3v) is 5.45. The standard InChI is InChI=1S/C23H26N4O/c1-26-14-16-27(17-15-26)23(28)11-8-18-6-9-19(10-7-18)20-4-2-3-5-21(20)22-12-13-24-25-22/h2-7,9-10,12-13H,8,11,14-17H2,1H3,(H,24,25). The van der Waals surface area contributed by atoms with Crippen molar-refractivity contribution < 1.29 is 4.79 Å². The van der Waals surface area contributed by atoms with Crippen LogP contribution in [0.5, 0.6) is 0 Å². The highest BCUT2D eigenvalue weighted by molar-refractivity contribution is 5.82. The van der Waals surface area contributed by atoms with E-state index in [1.807, 2.05) is 29.3 Å². The van der Waals surface area contributed by atoms with Crippen LogP contribution in [0.2, 0.25) is 0 Å². The Balaban J connectivity index is 1.42. The van der Waals surface area contributed by atoms with Crippen molar-refractivity contribution in [3.63, 3.8) is 0 Å². The smallest absolute Gasteiger partial charge is 0.222 e. The van der Waals surface area contributed by atoms with Gasteiger partial charge in [-0.15, -0.1) is 0 Å². The molecule has 1 aliphatic rings. The van der Waals surface area contributed by atoms with E-state index < -0.39 is 0 Å². The summed E-state index contributed by atoms with van der Waals surface area (Å²) in [6, 6.07) is 18.8. The first kappa shape index (κ1) is 18.4. The Hall–Kier alpha value is -2.92. The molecule has 5 nitrogen and oxygen atoms in total. The molecule has 0 saturated carbocycles. The number of H-pyrrole nitrogens is 1. The van der Waals surface area contributed by atoms with E-state index in [2.05, 4.69) is 58.5 Å². The number of piperazine rings is 1. The topological polar surface area (TPSA) is 52.2 Å². The molecule has 0 atom stereocenters. The second kappa shape index (κ2) is 8.40. The van der Waals surface area contributed by atoms with Gasteiger partial charge in [-0.05, 0) is 36.2 Å². The van der Waals surface area contributed by atoms with Crippen LogP contribution in [0.25, 0.3) is 22.4 Å². The average Bonchev–Trinajstić information content (AvgIpc) is 3.28. The van der Waals surface area contributed by atoms with Gasteiger partial charge in [0.25, 0.3) is 0 Å². The van der Waals surface area contributed by atoms with Crippen LogP contribution in [0.3, 0.4) is 0 Å². The van der Waals surface area contributed by atoms with Crippen LogP contribution in [0.1, 0.15) is 12.0 Å². The lowest BCUT2D eigenvalue weighted by molar-refractivity contribution is -0.132. The van der Waals surface area contributed by atoms with Gasteiger partial charge in [-0.3, -0.25) is 9.89 Å². The maximum Gasteiger partial charge on any atom is 0.222 e. The molecule has 1 aliphatic heterocycles. The normalized spacial score (nSPS) is 15.0. The van der Waals surface area contributed by atoms with E-state index in [1.54, 1.807) is 0 Å². The van der Waals surface area contributed by atoms with Gasteiger partial charge in [0.2, 0.25) is 5.91 Å². The lowest BCUT2D eigenvalue weighted by atomic mass is 9.96. The Kier molecular flexibility index (Phi) is 5.53. The Bertz CT molecular complexity index is 910. The molecular formula is C23H26N4O. The third kappa shape index (κ3) is 4.15. The van der Waals surface area contributed by atoms with Crippen LogP contribution in [-0.4, -0.2) is 59.1 Å². The SMILES string of the molecule is CN1CCN(C(=O)CCc2ccc(-c3ccccc3-c3cc[nH]n3)cc2)CC1. The number of carbonyl (C=O) groups excluding carboxylic acids is 1. The maximum atomic E-state index is 12.4. The van der Waals surface area contributed by atoms with Gasteiger partial charge in [0.1, 0.15) is 0 Å². The second-order valence-corrected chi connectivity index (χ2v) is 7.39. The molecule has 1 aromatic heterocycles. The van der Waals surface area contributed by atoms with Crippen molar-refractivity contribution in [1.82, 2.24) is 20.0 Å². The van der Waals surface area contributed by atoms with Gasteiger partial charge in [0, 0.05) is 44.4 Å². The van der Waals surface area contributed by atoms with Gasteiger partial charge in [-0.2, -0.15) is 5.10 Å². The summed E-state index contributed by atoms with van der Waals surface area (Å²) in [5, 5.41) is 7.20. The number of aromatic amines is 1. The van der Waals surface area contributed by atoms with E-state index in [4.69, 9.17) is 0 Å². The zero-order valence-electron chi connectivity index (χ0n) is 16.3. The predicted molar refractivity (Wildman–Crippen MR) is 112 cm³/mol. The van der Waals surface area contributed by atoms with Crippen molar-refractivity contribution in [3.8, 4) is 22.4 Å². The average molecular weight is 374 g/mol. The molecule has 0 spiro atoms. The number of nitrogens with one attached hydrogen (secondary N) is 1. The summed E-state index contributed by atoms with van der Waals surface area (Å²) in [5.41, 5.74) is 5.57. The van der Waals surface area contributed by atoms with Crippen LogP contribution in [0.15, 0.2) is 60.8 Å². The van der Waals surface area contributed by atoms with Crippen molar-refractivity contribution in [2.45, 2.75) is 12.8 Å². The number of hydrogen-bond acceptors (Lipinski definition) is 3. The van der Waals surface area contributed by atoms with Crippen molar-refractivity contribution in [1.29, 1.82) is 0 Å². The van der Waals surface area contributed by atoms with Crippen LogP contribution < -0.4 is 0 Å². The minimum absolute atomic E-state index is 0.265. The number of rotatable bonds is 5. The molecule has 0 aliphatic carbocycles. The van der Waals surface area contributed by atoms with Gasteiger partial charge in [0.05, 0.1) is 5.69 Å². The minimum atomic E-state index is 0.265.